The lowest BCUT2D eigenvalue weighted by Gasteiger charge is -2.23. The molecule has 2 aromatic rings. The van der Waals surface area contributed by atoms with E-state index in [4.69, 9.17) is 23.4 Å². The maximum Gasteiger partial charge on any atom is 0.420 e. The van der Waals surface area contributed by atoms with Crippen LogP contribution in [0.2, 0.25) is 0 Å². The molecule has 2 saturated heterocycles. The van der Waals surface area contributed by atoms with Crippen LogP contribution in [0.25, 0.3) is 11.3 Å². The molecule has 190 valence electrons. The van der Waals surface area contributed by atoms with Crippen LogP contribution in [0.3, 0.4) is 0 Å². The van der Waals surface area contributed by atoms with Gasteiger partial charge < -0.3 is 28.7 Å². The van der Waals surface area contributed by atoms with E-state index in [2.05, 4.69) is 10.4 Å². The summed E-state index contributed by atoms with van der Waals surface area (Å²) in [4.78, 5) is 12.9. The lowest BCUT2D eigenvalue weighted by molar-refractivity contribution is -0.137. The summed E-state index contributed by atoms with van der Waals surface area (Å²) in [5, 5.41) is 7.06. The molecule has 3 fully saturated rings. The van der Waals surface area contributed by atoms with E-state index >= 15 is 0 Å². The van der Waals surface area contributed by atoms with E-state index in [1.165, 1.54) is 0 Å². The Morgan fingerprint density at radius 3 is 2.46 bits per heavy atom. The Hall–Kier alpha value is -2.41. The van der Waals surface area contributed by atoms with Crippen molar-refractivity contribution >= 4 is 5.91 Å². The molecular formula is C23H26F3N3O6. The van der Waals surface area contributed by atoms with Crippen LogP contribution in [-0.4, -0.2) is 74.1 Å². The van der Waals surface area contributed by atoms with Crippen LogP contribution in [0.5, 0.6) is 0 Å². The SMILES string of the molecule is O=C(NC[C@@H]1COCCO1)c1oc2c(c1C(F)(F)F)-c1nn(CC3COCCO3)cc1C1(CC1)C2. The number of carbonyl (C=O) groups excluding carboxylic acids is 1. The van der Waals surface area contributed by atoms with Gasteiger partial charge in [-0.25, -0.2) is 0 Å². The van der Waals surface area contributed by atoms with Crippen molar-refractivity contribution in [1.82, 2.24) is 15.1 Å². The smallest absolute Gasteiger partial charge is 0.420 e. The highest BCUT2D eigenvalue weighted by Crippen LogP contribution is 2.59. The Morgan fingerprint density at radius 2 is 1.83 bits per heavy atom. The van der Waals surface area contributed by atoms with Gasteiger partial charge in [-0.1, -0.05) is 0 Å². The van der Waals surface area contributed by atoms with Crippen molar-refractivity contribution in [1.29, 1.82) is 0 Å². The van der Waals surface area contributed by atoms with Gasteiger partial charge in [-0.05, 0) is 12.8 Å². The predicted molar refractivity (Wildman–Crippen MR) is 113 cm³/mol. The Labute approximate surface area is 198 Å². The van der Waals surface area contributed by atoms with Gasteiger partial charge in [0.05, 0.1) is 57.9 Å². The van der Waals surface area contributed by atoms with Crippen LogP contribution in [0, 0.1) is 0 Å². The number of amides is 1. The number of hydrogen-bond acceptors (Lipinski definition) is 7. The topological polar surface area (TPSA) is 97.0 Å². The predicted octanol–water partition coefficient (Wildman–Crippen LogP) is 2.31. The summed E-state index contributed by atoms with van der Waals surface area (Å²) in [5.41, 5.74) is -0.504. The van der Waals surface area contributed by atoms with E-state index in [1.807, 2.05) is 6.20 Å². The molecule has 1 spiro atoms. The maximum absolute atomic E-state index is 14.4. The number of furan rings is 1. The first-order valence-electron chi connectivity index (χ1n) is 11.8. The number of fused-ring (bicyclic) bond motifs is 4. The summed E-state index contributed by atoms with van der Waals surface area (Å²) in [7, 11) is 0. The normalized spacial score (nSPS) is 25.2. The van der Waals surface area contributed by atoms with Crippen molar-refractivity contribution in [3.8, 4) is 11.3 Å². The first-order valence-corrected chi connectivity index (χ1v) is 11.8. The molecule has 1 unspecified atom stereocenters. The molecule has 1 saturated carbocycles. The molecule has 4 heterocycles. The second-order valence-electron chi connectivity index (χ2n) is 9.52. The van der Waals surface area contributed by atoms with Crippen molar-refractivity contribution in [2.24, 2.45) is 0 Å². The number of halogens is 3. The monoisotopic (exact) mass is 497 g/mol. The molecule has 2 aliphatic heterocycles. The van der Waals surface area contributed by atoms with Gasteiger partial charge >= 0.3 is 6.18 Å². The second-order valence-corrected chi connectivity index (χ2v) is 9.52. The number of nitrogens with zero attached hydrogens (tertiary/aromatic N) is 2. The summed E-state index contributed by atoms with van der Waals surface area (Å²) < 4.78 is 72.2. The molecular weight excluding hydrogens is 471 g/mol. The average Bonchev–Trinajstić information content (AvgIpc) is 3.29. The van der Waals surface area contributed by atoms with Crippen molar-refractivity contribution in [3.05, 3.63) is 28.8 Å². The summed E-state index contributed by atoms with van der Waals surface area (Å²) in [5.74, 6) is -1.51. The van der Waals surface area contributed by atoms with Crippen LogP contribution in [-0.2, 0) is 43.5 Å². The lowest BCUT2D eigenvalue weighted by Crippen LogP contribution is -2.40. The molecule has 12 heteroatoms. The third-order valence-corrected chi connectivity index (χ3v) is 7.04. The minimum atomic E-state index is -4.80. The molecule has 4 aliphatic rings. The largest absolute Gasteiger partial charge is 0.454 e. The maximum atomic E-state index is 14.4. The van der Waals surface area contributed by atoms with Gasteiger partial charge in [0.25, 0.3) is 5.91 Å². The number of nitrogens with one attached hydrogen (secondary N) is 1. The molecule has 2 aliphatic carbocycles. The molecule has 9 nitrogen and oxygen atoms in total. The number of hydrogen-bond donors (Lipinski definition) is 1. The van der Waals surface area contributed by atoms with Crippen molar-refractivity contribution < 1.29 is 41.3 Å². The first-order chi connectivity index (χ1) is 16.8. The molecule has 6 rings (SSSR count). The third-order valence-electron chi connectivity index (χ3n) is 7.04. The number of aromatic nitrogens is 2. The number of rotatable bonds is 5. The van der Waals surface area contributed by atoms with Crippen LogP contribution in [0.15, 0.2) is 10.6 Å². The summed E-state index contributed by atoms with van der Waals surface area (Å²) in [6.07, 6.45) is -1.67. The lowest BCUT2D eigenvalue weighted by atomic mass is 9.82. The van der Waals surface area contributed by atoms with Crippen molar-refractivity contribution in [2.45, 2.75) is 49.6 Å². The second kappa shape index (κ2) is 8.61. The summed E-state index contributed by atoms with van der Waals surface area (Å²) >= 11 is 0. The van der Waals surface area contributed by atoms with Crippen LogP contribution in [0.4, 0.5) is 13.2 Å². The van der Waals surface area contributed by atoms with E-state index in [0.29, 0.717) is 46.0 Å². The summed E-state index contributed by atoms with van der Waals surface area (Å²) in [6, 6.07) is 0. The first kappa shape index (κ1) is 23.0. The van der Waals surface area contributed by atoms with E-state index in [0.717, 1.165) is 18.4 Å². The average molecular weight is 497 g/mol. The molecule has 0 aromatic carbocycles. The molecule has 2 aromatic heterocycles. The molecule has 35 heavy (non-hydrogen) atoms. The van der Waals surface area contributed by atoms with Gasteiger partial charge in [0.1, 0.15) is 23.1 Å². The molecule has 1 amide bonds. The highest BCUT2D eigenvalue weighted by atomic mass is 19.4. The molecule has 2 atom stereocenters. The quantitative estimate of drug-likeness (QED) is 0.677. The van der Waals surface area contributed by atoms with Crippen LogP contribution < -0.4 is 5.32 Å². The zero-order valence-corrected chi connectivity index (χ0v) is 19.0. The minimum absolute atomic E-state index is 0.0226. The Morgan fingerprint density at radius 1 is 1.11 bits per heavy atom. The Bertz CT molecular complexity index is 1110. The Kier molecular flexibility index (Phi) is 5.66. The van der Waals surface area contributed by atoms with E-state index in [-0.39, 0.29) is 41.7 Å². The number of alkyl halides is 3. The zero-order chi connectivity index (χ0) is 24.2. The van der Waals surface area contributed by atoms with Crippen molar-refractivity contribution in [2.75, 3.05) is 46.2 Å². The van der Waals surface area contributed by atoms with Gasteiger partial charge in [-0.2, -0.15) is 18.3 Å². The van der Waals surface area contributed by atoms with Crippen LogP contribution in [0.1, 0.15) is 40.3 Å². The fraction of sp³-hybridized carbons (Fsp3) is 0.652. The number of carbonyl (C=O) groups is 1. The van der Waals surface area contributed by atoms with Gasteiger partial charge in [-0.3, -0.25) is 9.48 Å². The molecule has 0 bridgehead atoms. The minimum Gasteiger partial charge on any atom is -0.454 e. The highest BCUT2D eigenvalue weighted by Gasteiger charge is 2.55. The fourth-order valence-electron chi connectivity index (χ4n) is 5.16. The fourth-order valence-corrected chi connectivity index (χ4v) is 5.16. The van der Waals surface area contributed by atoms with E-state index < -0.39 is 29.5 Å². The van der Waals surface area contributed by atoms with E-state index in [1.54, 1.807) is 4.68 Å². The Balaban J connectivity index is 1.34. The standard InChI is InChI=1S/C23H26F3N3O6/c24-23(25,26)18-17-16(35-20(18)21(30)27-8-13-11-31-3-5-33-13)7-22(1-2-22)15-10-29(28-19(15)17)9-14-12-32-4-6-34-14/h10,13-14H,1-9,11-12H2,(H,27,30)/t13-,14?/m1/s1. The van der Waals surface area contributed by atoms with E-state index in [9.17, 15) is 18.0 Å². The van der Waals surface area contributed by atoms with Gasteiger partial charge in [0, 0.05) is 30.1 Å². The molecule has 0 radical (unpaired) electrons. The summed E-state index contributed by atoms with van der Waals surface area (Å²) in [6.45, 7) is 2.87. The van der Waals surface area contributed by atoms with Crippen molar-refractivity contribution in [3.63, 3.8) is 0 Å². The van der Waals surface area contributed by atoms with Gasteiger partial charge in [0.15, 0.2) is 0 Å². The number of ether oxygens (including phenoxy) is 4. The highest BCUT2D eigenvalue weighted by molar-refractivity contribution is 5.96. The zero-order valence-electron chi connectivity index (χ0n) is 19.0. The molecule has 1 N–H and O–H groups in total. The third kappa shape index (κ3) is 4.26. The van der Waals surface area contributed by atoms with Gasteiger partial charge in [-0.15, -0.1) is 0 Å². The van der Waals surface area contributed by atoms with Crippen LogP contribution >= 0.6 is 0 Å². The van der Waals surface area contributed by atoms with Gasteiger partial charge in [0.2, 0.25) is 5.76 Å².